The molecule has 0 aliphatic carbocycles. The summed E-state index contributed by atoms with van der Waals surface area (Å²) in [5.41, 5.74) is 1.42. The molecular formula is C20H30O7S. The molecule has 0 fully saturated rings. The highest BCUT2D eigenvalue weighted by Crippen LogP contribution is 2.19. The average molecular weight is 415 g/mol. The lowest BCUT2D eigenvalue weighted by Gasteiger charge is -2.09. The minimum Gasteiger partial charge on any atom is -0.466 e. The molecule has 28 heavy (non-hydrogen) atoms. The van der Waals surface area contributed by atoms with Crippen LogP contribution in [0.3, 0.4) is 0 Å². The number of carbonyl (C=O) groups is 2. The fraction of sp³-hybridized carbons (Fsp3) is 0.600. The van der Waals surface area contributed by atoms with E-state index in [1.54, 1.807) is 0 Å². The van der Waals surface area contributed by atoms with Gasteiger partial charge in [-0.3, -0.25) is 14.1 Å². The van der Waals surface area contributed by atoms with Gasteiger partial charge in [0.15, 0.2) is 0 Å². The Bertz CT molecular complexity index is 697. The Hall–Kier alpha value is -1.93. The molecule has 0 bridgehead atoms. The first-order valence-corrected chi connectivity index (χ1v) is 11.1. The molecule has 1 aromatic carbocycles. The number of carbonyl (C=O) groups excluding carboxylic acids is 2. The van der Waals surface area contributed by atoms with Gasteiger partial charge in [-0.25, -0.2) is 0 Å². The molecule has 0 heterocycles. The quantitative estimate of drug-likeness (QED) is 0.389. The summed E-state index contributed by atoms with van der Waals surface area (Å²) in [5.74, 6) is -0.558. The van der Waals surface area contributed by atoms with E-state index in [0.29, 0.717) is 50.0 Å². The van der Waals surface area contributed by atoms with Gasteiger partial charge in [-0.15, -0.1) is 0 Å². The lowest BCUT2D eigenvalue weighted by Crippen LogP contribution is -2.07. The second-order valence-electron chi connectivity index (χ2n) is 6.61. The van der Waals surface area contributed by atoms with Gasteiger partial charge in [0.25, 0.3) is 10.1 Å². The molecule has 1 rings (SSSR count). The van der Waals surface area contributed by atoms with Crippen molar-refractivity contribution in [1.82, 2.24) is 0 Å². The number of hydrogen-bond acceptors (Lipinski definition) is 6. The third kappa shape index (κ3) is 9.85. The van der Waals surface area contributed by atoms with Crippen LogP contribution in [0.15, 0.2) is 23.1 Å². The molecule has 8 heteroatoms. The molecule has 0 spiro atoms. The summed E-state index contributed by atoms with van der Waals surface area (Å²) in [5, 5.41) is 0. The van der Waals surface area contributed by atoms with Crippen molar-refractivity contribution in [2.45, 2.75) is 70.1 Å². The van der Waals surface area contributed by atoms with Crippen LogP contribution in [0.25, 0.3) is 0 Å². The summed E-state index contributed by atoms with van der Waals surface area (Å²) in [6, 6.07) is 4.65. The van der Waals surface area contributed by atoms with E-state index in [4.69, 9.17) is 9.47 Å². The van der Waals surface area contributed by atoms with Crippen molar-refractivity contribution in [2.75, 3.05) is 13.2 Å². The summed E-state index contributed by atoms with van der Waals surface area (Å²) in [6.07, 6.45) is 4.01. The standard InChI is InChI=1S/C20H30O7S/c1-3-11-26-19(21)9-5-7-16-13-17(15-18(14-16)28(23,24)25)8-6-10-20(22)27-12-4-2/h13-15H,3-12H2,1-2H3,(H,23,24,25). The number of aryl methyl sites for hydroxylation is 2. The molecule has 0 aromatic heterocycles. The van der Waals surface area contributed by atoms with Crippen molar-refractivity contribution in [3.05, 3.63) is 29.3 Å². The molecule has 7 nitrogen and oxygen atoms in total. The van der Waals surface area contributed by atoms with Crippen LogP contribution in [0.1, 0.15) is 63.5 Å². The maximum absolute atomic E-state index is 11.6. The maximum Gasteiger partial charge on any atom is 0.305 e. The minimum absolute atomic E-state index is 0.179. The summed E-state index contributed by atoms with van der Waals surface area (Å²) < 4.78 is 42.5. The fourth-order valence-electron chi connectivity index (χ4n) is 2.62. The van der Waals surface area contributed by atoms with Crippen LogP contribution in [0, 0.1) is 0 Å². The zero-order chi connectivity index (χ0) is 21.0. The first-order chi connectivity index (χ1) is 13.3. The number of ether oxygens (including phenoxy) is 2. The molecular weight excluding hydrogens is 384 g/mol. The van der Waals surface area contributed by atoms with Crippen LogP contribution < -0.4 is 0 Å². The normalized spacial score (nSPS) is 11.2. The van der Waals surface area contributed by atoms with E-state index in [1.807, 2.05) is 19.9 Å². The van der Waals surface area contributed by atoms with Gasteiger partial charge in [0.1, 0.15) is 0 Å². The second-order valence-corrected chi connectivity index (χ2v) is 8.03. The van der Waals surface area contributed by atoms with Crippen molar-refractivity contribution in [3.63, 3.8) is 0 Å². The highest BCUT2D eigenvalue weighted by molar-refractivity contribution is 7.85. The Morgan fingerprint density at radius 3 is 1.64 bits per heavy atom. The highest BCUT2D eigenvalue weighted by Gasteiger charge is 2.13. The Kier molecular flexibility index (Phi) is 10.8. The summed E-state index contributed by atoms with van der Waals surface area (Å²) in [4.78, 5) is 22.9. The van der Waals surface area contributed by atoms with Gasteiger partial charge in [0.2, 0.25) is 0 Å². The molecule has 158 valence electrons. The van der Waals surface area contributed by atoms with E-state index in [-0.39, 0.29) is 29.7 Å². The van der Waals surface area contributed by atoms with Gasteiger partial charge in [0.05, 0.1) is 18.1 Å². The Balaban J connectivity index is 2.70. The molecule has 0 aliphatic heterocycles. The topological polar surface area (TPSA) is 107 Å². The van der Waals surface area contributed by atoms with Crippen LogP contribution in [-0.2, 0) is 42.0 Å². The lowest BCUT2D eigenvalue weighted by atomic mass is 10.0. The van der Waals surface area contributed by atoms with Gasteiger partial charge in [-0.2, -0.15) is 8.42 Å². The van der Waals surface area contributed by atoms with Gasteiger partial charge in [-0.05, 0) is 61.8 Å². The number of esters is 2. The Morgan fingerprint density at radius 2 is 1.29 bits per heavy atom. The van der Waals surface area contributed by atoms with E-state index < -0.39 is 10.1 Å². The summed E-state index contributed by atoms with van der Waals surface area (Å²) in [6.45, 7) is 4.61. The second kappa shape index (κ2) is 12.5. The number of hydrogen-bond donors (Lipinski definition) is 1. The molecule has 0 amide bonds. The Labute approximate surface area is 167 Å². The van der Waals surface area contributed by atoms with Gasteiger partial charge < -0.3 is 9.47 Å². The van der Waals surface area contributed by atoms with Crippen LogP contribution in [0.5, 0.6) is 0 Å². The first-order valence-electron chi connectivity index (χ1n) is 9.67. The maximum atomic E-state index is 11.6. The molecule has 0 saturated heterocycles. The SMILES string of the molecule is CCCOC(=O)CCCc1cc(CCCC(=O)OCCC)cc(S(=O)(=O)O)c1. The largest absolute Gasteiger partial charge is 0.466 e. The van der Waals surface area contributed by atoms with Crippen LogP contribution >= 0.6 is 0 Å². The highest BCUT2D eigenvalue weighted by atomic mass is 32.2. The van der Waals surface area contributed by atoms with E-state index in [1.165, 1.54) is 12.1 Å². The molecule has 0 saturated carbocycles. The zero-order valence-electron chi connectivity index (χ0n) is 16.6. The molecule has 0 aliphatic rings. The zero-order valence-corrected chi connectivity index (χ0v) is 17.4. The van der Waals surface area contributed by atoms with E-state index >= 15 is 0 Å². The summed E-state index contributed by atoms with van der Waals surface area (Å²) in [7, 11) is -4.34. The van der Waals surface area contributed by atoms with Crippen molar-refractivity contribution in [3.8, 4) is 0 Å². The van der Waals surface area contributed by atoms with Crippen molar-refractivity contribution in [1.29, 1.82) is 0 Å². The monoisotopic (exact) mass is 414 g/mol. The average Bonchev–Trinajstić information content (AvgIpc) is 2.64. The van der Waals surface area contributed by atoms with Gasteiger partial charge in [-0.1, -0.05) is 19.9 Å². The predicted octanol–water partition coefficient (Wildman–Crippen LogP) is 3.49. The first kappa shape index (κ1) is 24.1. The van der Waals surface area contributed by atoms with Gasteiger partial charge in [0, 0.05) is 12.8 Å². The van der Waals surface area contributed by atoms with Gasteiger partial charge >= 0.3 is 11.9 Å². The van der Waals surface area contributed by atoms with E-state index in [0.717, 1.165) is 12.8 Å². The van der Waals surface area contributed by atoms with Crippen molar-refractivity contribution in [2.24, 2.45) is 0 Å². The third-order valence-electron chi connectivity index (χ3n) is 3.95. The number of benzene rings is 1. The molecule has 1 aromatic rings. The van der Waals surface area contributed by atoms with Crippen LogP contribution in [0.2, 0.25) is 0 Å². The summed E-state index contributed by atoms with van der Waals surface area (Å²) >= 11 is 0. The lowest BCUT2D eigenvalue weighted by molar-refractivity contribution is -0.144. The predicted molar refractivity (Wildman–Crippen MR) is 105 cm³/mol. The molecule has 0 unspecified atom stereocenters. The molecule has 0 radical (unpaired) electrons. The fourth-order valence-corrected chi connectivity index (χ4v) is 3.22. The molecule has 0 atom stereocenters. The van der Waals surface area contributed by atoms with Crippen LogP contribution in [0.4, 0.5) is 0 Å². The third-order valence-corrected chi connectivity index (χ3v) is 4.78. The van der Waals surface area contributed by atoms with E-state index in [2.05, 4.69) is 0 Å². The number of rotatable bonds is 13. The Morgan fingerprint density at radius 1 is 0.857 bits per heavy atom. The molecule has 1 N–H and O–H groups in total. The minimum atomic E-state index is -4.34. The van der Waals surface area contributed by atoms with Crippen molar-refractivity contribution < 1.29 is 32.0 Å². The van der Waals surface area contributed by atoms with Crippen LogP contribution in [-0.4, -0.2) is 38.1 Å². The van der Waals surface area contributed by atoms with E-state index in [9.17, 15) is 22.6 Å². The van der Waals surface area contributed by atoms with Crippen molar-refractivity contribution >= 4 is 22.1 Å². The smallest absolute Gasteiger partial charge is 0.305 e.